The summed E-state index contributed by atoms with van der Waals surface area (Å²) in [5, 5.41) is 3.71. The Hall–Kier alpha value is -0.0800. The molecule has 0 aliphatic carbocycles. The van der Waals surface area contributed by atoms with E-state index in [2.05, 4.69) is 24.1 Å². The van der Waals surface area contributed by atoms with Crippen molar-refractivity contribution < 1.29 is 0 Å². The summed E-state index contributed by atoms with van der Waals surface area (Å²) in [5.74, 6) is 0. The van der Waals surface area contributed by atoms with Crippen LogP contribution >= 0.6 is 0 Å². The Morgan fingerprint density at radius 2 is 2.12 bits per heavy atom. The third kappa shape index (κ3) is 2.60. The average molecular weight is 224 g/mol. The van der Waals surface area contributed by atoms with Crippen molar-refractivity contribution in [2.75, 3.05) is 13.1 Å². The molecule has 2 saturated heterocycles. The van der Waals surface area contributed by atoms with Gasteiger partial charge in [-0.1, -0.05) is 20.3 Å². The van der Waals surface area contributed by atoms with Crippen LogP contribution < -0.4 is 5.32 Å². The average Bonchev–Trinajstić information content (AvgIpc) is 2.94. The number of nitrogens with zero attached hydrogens (tertiary/aromatic N) is 1. The summed E-state index contributed by atoms with van der Waals surface area (Å²) in [6.07, 6.45) is 9.70. The monoisotopic (exact) mass is 224 g/mol. The van der Waals surface area contributed by atoms with Gasteiger partial charge in [0.25, 0.3) is 0 Å². The second kappa shape index (κ2) is 6.02. The first kappa shape index (κ1) is 12.4. The molecule has 2 aliphatic rings. The number of likely N-dealkylation sites (tertiary alicyclic amines) is 1. The van der Waals surface area contributed by atoms with E-state index < -0.39 is 0 Å². The molecular weight excluding hydrogens is 196 g/mol. The molecule has 0 bridgehead atoms. The van der Waals surface area contributed by atoms with E-state index in [4.69, 9.17) is 0 Å². The number of rotatable bonds is 5. The van der Waals surface area contributed by atoms with Crippen LogP contribution in [0.1, 0.15) is 58.8 Å². The maximum atomic E-state index is 3.71. The van der Waals surface area contributed by atoms with Gasteiger partial charge in [-0.2, -0.15) is 0 Å². The summed E-state index contributed by atoms with van der Waals surface area (Å²) in [4.78, 5) is 2.83. The lowest BCUT2D eigenvalue weighted by Crippen LogP contribution is -2.48. The molecule has 0 aromatic heterocycles. The van der Waals surface area contributed by atoms with Crippen LogP contribution in [0.4, 0.5) is 0 Å². The van der Waals surface area contributed by atoms with Crippen molar-refractivity contribution >= 4 is 0 Å². The van der Waals surface area contributed by atoms with Crippen LogP contribution in [0.25, 0.3) is 0 Å². The lowest BCUT2D eigenvalue weighted by atomic mass is 10.0. The van der Waals surface area contributed by atoms with E-state index >= 15 is 0 Å². The predicted octanol–water partition coefficient (Wildman–Crippen LogP) is 2.78. The van der Waals surface area contributed by atoms with Crippen LogP contribution in [0.2, 0.25) is 0 Å². The van der Waals surface area contributed by atoms with Crippen LogP contribution in [0.3, 0.4) is 0 Å². The fraction of sp³-hybridized carbons (Fsp3) is 1.00. The third-order valence-corrected chi connectivity index (χ3v) is 4.47. The molecule has 94 valence electrons. The highest BCUT2D eigenvalue weighted by atomic mass is 15.2. The van der Waals surface area contributed by atoms with Gasteiger partial charge in [0.05, 0.1) is 0 Å². The normalized spacial score (nSPS) is 33.4. The van der Waals surface area contributed by atoms with Crippen molar-refractivity contribution in [3.05, 3.63) is 0 Å². The van der Waals surface area contributed by atoms with Gasteiger partial charge >= 0.3 is 0 Å². The van der Waals surface area contributed by atoms with Crippen molar-refractivity contribution in [2.24, 2.45) is 0 Å². The zero-order valence-corrected chi connectivity index (χ0v) is 11.0. The van der Waals surface area contributed by atoms with Gasteiger partial charge in [0.1, 0.15) is 0 Å². The SMILES string of the molecule is CCCC(CC)N1CCCC1C1CCCN1. The van der Waals surface area contributed by atoms with Crippen LogP contribution in [-0.2, 0) is 0 Å². The molecule has 3 atom stereocenters. The van der Waals surface area contributed by atoms with Gasteiger partial charge in [-0.15, -0.1) is 0 Å². The number of nitrogens with one attached hydrogen (secondary N) is 1. The van der Waals surface area contributed by atoms with Gasteiger partial charge in [-0.3, -0.25) is 4.90 Å². The highest BCUT2D eigenvalue weighted by molar-refractivity contribution is 4.94. The first-order chi connectivity index (χ1) is 7.86. The first-order valence-corrected chi connectivity index (χ1v) is 7.36. The molecule has 0 aromatic rings. The highest BCUT2D eigenvalue weighted by Crippen LogP contribution is 2.28. The number of hydrogen-bond acceptors (Lipinski definition) is 2. The molecule has 2 nitrogen and oxygen atoms in total. The lowest BCUT2D eigenvalue weighted by Gasteiger charge is -2.35. The van der Waals surface area contributed by atoms with Crippen molar-refractivity contribution in [2.45, 2.75) is 76.9 Å². The first-order valence-electron chi connectivity index (χ1n) is 7.36. The Kier molecular flexibility index (Phi) is 4.66. The molecule has 1 N–H and O–H groups in total. The predicted molar refractivity (Wildman–Crippen MR) is 69.7 cm³/mol. The Morgan fingerprint density at radius 1 is 1.25 bits per heavy atom. The molecule has 0 spiro atoms. The van der Waals surface area contributed by atoms with Crippen LogP contribution in [-0.4, -0.2) is 36.1 Å². The topological polar surface area (TPSA) is 15.3 Å². The van der Waals surface area contributed by atoms with E-state index in [1.807, 2.05) is 0 Å². The second-order valence-electron chi connectivity index (χ2n) is 5.50. The minimum absolute atomic E-state index is 0.799. The van der Waals surface area contributed by atoms with Crippen molar-refractivity contribution in [3.63, 3.8) is 0 Å². The fourth-order valence-corrected chi connectivity index (χ4v) is 3.68. The van der Waals surface area contributed by atoms with Crippen molar-refractivity contribution in [1.29, 1.82) is 0 Å². The Morgan fingerprint density at radius 3 is 2.75 bits per heavy atom. The summed E-state index contributed by atoms with van der Waals surface area (Å²) < 4.78 is 0. The Labute approximate surface area is 101 Å². The van der Waals surface area contributed by atoms with Crippen molar-refractivity contribution in [1.82, 2.24) is 10.2 Å². The second-order valence-corrected chi connectivity index (χ2v) is 5.50. The lowest BCUT2D eigenvalue weighted by molar-refractivity contribution is 0.140. The minimum atomic E-state index is 0.799. The third-order valence-electron chi connectivity index (χ3n) is 4.47. The maximum Gasteiger partial charge on any atom is 0.0252 e. The molecule has 0 saturated carbocycles. The molecule has 0 aromatic carbocycles. The van der Waals surface area contributed by atoms with Crippen LogP contribution in [0.15, 0.2) is 0 Å². The molecule has 2 heteroatoms. The molecule has 3 unspecified atom stereocenters. The summed E-state index contributed by atoms with van der Waals surface area (Å²) in [6.45, 7) is 7.28. The molecule has 0 amide bonds. The van der Waals surface area contributed by atoms with Gasteiger partial charge in [-0.05, 0) is 51.6 Å². The summed E-state index contributed by atoms with van der Waals surface area (Å²) >= 11 is 0. The van der Waals surface area contributed by atoms with E-state index in [-0.39, 0.29) is 0 Å². The minimum Gasteiger partial charge on any atom is -0.312 e. The molecule has 2 rings (SSSR count). The van der Waals surface area contributed by atoms with Gasteiger partial charge in [0.2, 0.25) is 0 Å². The van der Waals surface area contributed by atoms with Crippen molar-refractivity contribution in [3.8, 4) is 0 Å². The maximum absolute atomic E-state index is 3.71. The molecule has 2 aliphatic heterocycles. The van der Waals surface area contributed by atoms with E-state index in [0.29, 0.717) is 0 Å². The smallest absolute Gasteiger partial charge is 0.0252 e. The van der Waals surface area contributed by atoms with Crippen LogP contribution in [0.5, 0.6) is 0 Å². The molecule has 2 heterocycles. The van der Waals surface area contributed by atoms with E-state index in [0.717, 1.165) is 18.1 Å². The molecular formula is C14H28N2. The molecule has 0 radical (unpaired) electrons. The highest BCUT2D eigenvalue weighted by Gasteiger charge is 2.35. The quantitative estimate of drug-likeness (QED) is 0.772. The zero-order chi connectivity index (χ0) is 11.4. The van der Waals surface area contributed by atoms with Gasteiger partial charge in [0, 0.05) is 18.1 Å². The zero-order valence-electron chi connectivity index (χ0n) is 11.0. The summed E-state index contributed by atoms with van der Waals surface area (Å²) in [5.41, 5.74) is 0. The fourth-order valence-electron chi connectivity index (χ4n) is 3.68. The standard InChI is InChI=1S/C14H28N2/c1-3-7-12(4-2)16-11-6-9-14(16)13-8-5-10-15-13/h12-15H,3-11H2,1-2H3. The van der Waals surface area contributed by atoms with E-state index in [1.54, 1.807) is 0 Å². The summed E-state index contributed by atoms with van der Waals surface area (Å²) in [6, 6.07) is 2.49. The molecule has 2 fully saturated rings. The van der Waals surface area contributed by atoms with Gasteiger partial charge in [0.15, 0.2) is 0 Å². The van der Waals surface area contributed by atoms with E-state index in [1.165, 1.54) is 58.0 Å². The Balaban J connectivity index is 1.95. The van der Waals surface area contributed by atoms with Crippen LogP contribution in [0, 0.1) is 0 Å². The largest absolute Gasteiger partial charge is 0.312 e. The Bertz CT molecular complexity index is 199. The number of hydrogen-bond donors (Lipinski definition) is 1. The van der Waals surface area contributed by atoms with Gasteiger partial charge in [-0.25, -0.2) is 0 Å². The van der Waals surface area contributed by atoms with Gasteiger partial charge < -0.3 is 5.32 Å². The van der Waals surface area contributed by atoms with E-state index in [9.17, 15) is 0 Å². The molecule has 16 heavy (non-hydrogen) atoms. The summed E-state index contributed by atoms with van der Waals surface area (Å²) in [7, 11) is 0.